The Balaban J connectivity index is 6.05. The Morgan fingerprint density at radius 2 is 1.03 bits per heavy atom. The van der Waals surface area contributed by atoms with Crippen LogP contribution in [0.2, 0.25) is 0 Å². The van der Waals surface area contributed by atoms with Crippen molar-refractivity contribution >= 4 is 24.0 Å². The van der Waals surface area contributed by atoms with Gasteiger partial charge in [-0.2, -0.15) is 0 Å². The van der Waals surface area contributed by atoms with Crippen LogP contribution < -0.4 is 5.32 Å². The van der Waals surface area contributed by atoms with Gasteiger partial charge in [0.25, 0.3) is 0 Å². The number of alkyl carbamates (subject to hydrolysis) is 1. The Kier molecular flexibility index (Phi) is 14.3. The molecule has 0 aromatic carbocycles. The molecule has 0 saturated carbocycles. The third kappa shape index (κ3) is 18.7. The molecule has 222 valence electrons. The van der Waals surface area contributed by atoms with Crippen LogP contribution >= 0.6 is 0 Å². The molecule has 0 fully saturated rings. The minimum atomic E-state index is -1.17. The van der Waals surface area contributed by atoms with Crippen LogP contribution in [0.5, 0.6) is 0 Å². The summed E-state index contributed by atoms with van der Waals surface area (Å²) >= 11 is 0. The number of nitrogens with one attached hydrogen (secondary N) is 1. The molecule has 0 bridgehead atoms. The van der Waals surface area contributed by atoms with Gasteiger partial charge in [-0.3, -0.25) is 14.4 Å². The van der Waals surface area contributed by atoms with Gasteiger partial charge < -0.3 is 24.3 Å². The average molecular weight is 552 g/mol. The quantitative estimate of drug-likeness (QED) is 0.156. The van der Waals surface area contributed by atoms with Gasteiger partial charge in [-0.15, -0.1) is 0 Å². The molecule has 0 heterocycles. The molecular formula is C30H49NO8. The number of amides is 1. The molecule has 0 rings (SSSR count). The van der Waals surface area contributed by atoms with Crippen molar-refractivity contribution < 1.29 is 38.1 Å². The normalized spacial score (nSPS) is 12.7. The summed E-state index contributed by atoms with van der Waals surface area (Å²) < 4.78 is 21.7. The van der Waals surface area contributed by atoms with Crippen molar-refractivity contribution in [1.82, 2.24) is 5.32 Å². The van der Waals surface area contributed by atoms with Crippen molar-refractivity contribution in [2.45, 2.75) is 123 Å². The second-order valence-corrected chi connectivity index (χ2v) is 12.4. The first-order chi connectivity index (χ1) is 17.7. The van der Waals surface area contributed by atoms with E-state index >= 15 is 0 Å². The summed E-state index contributed by atoms with van der Waals surface area (Å²) in [5, 5.41) is 2.83. The maximum absolute atomic E-state index is 12.9. The lowest BCUT2D eigenvalue weighted by Gasteiger charge is -2.35. The molecule has 0 aromatic heterocycles. The lowest BCUT2D eigenvalue weighted by atomic mass is 9.83. The van der Waals surface area contributed by atoms with Crippen molar-refractivity contribution in [3.8, 4) is 0 Å². The maximum atomic E-state index is 12.9. The highest BCUT2D eigenvalue weighted by atomic mass is 16.6. The number of carbonyl (C=O) groups is 4. The van der Waals surface area contributed by atoms with Crippen LogP contribution in [-0.2, 0) is 33.3 Å². The molecule has 0 aliphatic heterocycles. The van der Waals surface area contributed by atoms with E-state index in [1.165, 1.54) is 6.08 Å². The molecule has 0 atom stereocenters. The number of hydrogen-bond acceptors (Lipinski definition) is 8. The van der Waals surface area contributed by atoms with Crippen LogP contribution in [0.1, 0.15) is 101 Å². The fourth-order valence-corrected chi connectivity index (χ4v) is 3.49. The fourth-order valence-electron chi connectivity index (χ4n) is 3.49. The second kappa shape index (κ2) is 15.5. The summed E-state index contributed by atoms with van der Waals surface area (Å²) in [4.78, 5) is 50.7. The second-order valence-electron chi connectivity index (χ2n) is 12.4. The molecule has 9 heteroatoms. The molecule has 0 aromatic rings. The van der Waals surface area contributed by atoms with Crippen molar-refractivity contribution in [2.24, 2.45) is 0 Å². The zero-order chi connectivity index (χ0) is 30.5. The zero-order valence-corrected chi connectivity index (χ0v) is 25.4. The van der Waals surface area contributed by atoms with Crippen LogP contribution in [0.3, 0.4) is 0 Å². The number of allylic oxidation sites excluding steroid dienone is 2. The molecule has 0 aliphatic rings. The Hall–Kier alpha value is -3.10. The standard InChI is InChI=1S/C30H49NO8/c1-12-14-22(13-2)21-36-26(35)31-30(18-15-23(32)37-27(3,4)5,19-16-24(33)38-28(6,7)8)20-17-25(34)39-29(9,10)11/h12-14H,1-2,15-21H2,3-11H3,(H,31,35)/b22-14+. The molecule has 1 N–H and O–H groups in total. The highest BCUT2D eigenvalue weighted by Gasteiger charge is 2.36. The van der Waals surface area contributed by atoms with Gasteiger partial charge in [0.15, 0.2) is 0 Å². The van der Waals surface area contributed by atoms with E-state index in [0.29, 0.717) is 5.57 Å². The van der Waals surface area contributed by atoms with Crippen LogP contribution in [-0.4, -0.2) is 53.0 Å². The molecule has 0 spiro atoms. The van der Waals surface area contributed by atoms with E-state index < -0.39 is 46.3 Å². The van der Waals surface area contributed by atoms with Crippen molar-refractivity contribution in [3.63, 3.8) is 0 Å². The molecule has 0 aliphatic carbocycles. The van der Waals surface area contributed by atoms with Crippen LogP contribution in [0.25, 0.3) is 0 Å². The van der Waals surface area contributed by atoms with E-state index in [9.17, 15) is 19.2 Å². The number of hydrogen-bond donors (Lipinski definition) is 1. The first-order valence-corrected chi connectivity index (χ1v) is 13.2. The summed E-state index contributed by atoms with van der Waals surface area (Å²) in [6.07, 6.45) is 4.07. The first kappa shape index (κ1) is 35.9. The van der Waals surface area contributed by atoms with Gasteiger partial charge >= 0.3 is 24.0 Å². The van der Waals surface area contributed by atoms with Crippen molar-refractivity contribution in [3.05, 3.63) is 37.0 Å². The average Bonchev–Trinajstić information content (AvgIpc) is 2.74. The van der Waals surface area contributed by atoms with E-state index in [2.05, 4.69) is 18.5 Å². The van der Waals surface area contributed by atoms with Crippen LogP contribution in [0, 0.1) is 0 Å². The third-order valence-corrected chi connectivity index (χ3v) is 5.01. The Morgan fingerprint density at radius 1 is 0.667 bits per heavy atom. The molecule has 0 saturated heterocycles. The van der Waals surface area contributed by atoms with E-state index in [1.54, 1.807) is 74.5 Å². The monoisotopic (exact) mass is 551 g/mol. The number of rotatable bonds is 14. The highest BCUT2D eigenvalue weighted by Crippen LogP contribution is 2.28. The fraction of sp³-hybridized carbons (Fsp3) is 0.667. The maximum Gasteiger partial charge on any atom is 0.407 e. The first-order valence-electron chi connectivity index (χ1n) is 13.2. The van der Waals surface area contributed by atoms with E-state index in [-0.39, 0.29) is 45.1 Å². The van der Waals surface area contributed by atoms with Crippen molar-refractivity contribution in [2.75, 3.05) is 6.61 Å². The van der Waals surface area contributed by atoms with Gasteiger partial charge in [0, 0.05) is 24.8 Å². The van der Waals surface area contributed by atoms with E-state index in [1.807, 2.05) is 0 Å². The summed E-state index contributed by atoms with van der Waals surface area (Å²) in [7, 11) is 0. The highest BCUT2D eigenvalue weighted by molar-refractivity contribution is 5.73. The van der Waals surface area contributed by atoms with Gasteiger partial charge in [-0.25, -0.2) is 4.79 Å². The van der Waals surface area contributed by atoms with Gasteiger partial charge in [0.2, 0.25) is 0 Å². The van der Waals surface area contributed by atoms with Gasteiger partial charge in [-0.1, -0.05) is 31.4 Å². The molecule has 9 nitrogen and oxygen atoms in total. The summed E-state index contributed by atoms with van der Waals surface area (Å²) in [6.45, 7) is 23.0. The predicted octanol–water partition coefficient (Wildman–Crippen LogP) is 6.12. The lowest BCUT2D eigenvalue weighted by Crippen LogP contribution is -2.50. The molecule has 1 amide bonds. The van der Waals surface area contributed by atoms with E-state index in [4.69, 9.17) is 18.9 Å². The summed E-state index contributed by atoms with van der Waals surface area (Å²) in [6, 6.07) is 0. The lowest BCUT2D eigenvalue weighted by molar-refractivity contribution is -0.155. The molecule has 0 radical (unpaired) electrons. The van der Waals surface area contributed by atoms with Gasteiger partial charge in [0.1, 0.15) is 23.4 Å². The number of esters is 3. The van der Waals surface area contributed by atoms with Gasteiger partial charge in [-0.05, 0) is 87.1 Å². The number of carbonyl (C=O) groups excluding carboxylic acids is 4. The Morgan fingerprint density at radius 3 is 1.31 bits per heavy atom. The Bertz CT molecular complexity index is 819. The zero-order valence-electron chi connectivity index (χ0n) is 25.4. The number of ether oxygens (including phenoxy) is 4. The van der Waals surface area contributed by atoms with Gasteiger partial charge in [0.05, 0.1) is 0 Å². The minimum Gasteiger partial charge on any atom is -0.460 e. The third-order valence-electron chi connectivity index (χ3n) is 5.01. The smallest absolute Gasteiger partial charge is 0.407 e. The van der Waals surface area contributed by atoms with Crippen LogP contribution in [0.15, 0.2) is 37.0 Å². The van der Waals surface area contributed by atoms with Crippen LogP contribution in [0.4, 0.5) is 4.79 Å². The van der Waals surface area contributed by atoms with Crippen molar-refractivity contribution in [1.29, 1.82) is 0 Å². The summed E-state index contributed by atoms with van der Waals surface area (Å²) in [5.74, 6) is -1.42. The molecule has 0 unspecified atom stereocenters. The molecular weight excluding hydrogens is 502 g/mol. The van der Waals surface area contributed by atoms with E-state index in [0.717, 1.165) is 0 Å². The topological polar surface area (TPSA) is 117 Å². The summed E-state index contributed by atoms with van der Waals surface area (Å²) in [5.41, 5.74) is -2.63. The minimum absolute atomic E-state index is 0.0611. The Labute approximate surface area is 234 Å². The SMILES string of the molecule is C=C/C=C(\C=C)COC(=O)NC(CCC(=O)OC(C)(C)C)(CCC(=O)OC(C)(C)C)CCC(=O)OC(C)(C)C. The predicted molar refractivity (Wildman–Crippen MR) is 151 cm³/mol. The molecule has 39 heavy (non-hydrogen) atoms. The largest absolute Gasteiger partial charge is 0.460 e.